The summed E-state index contributed by atoms with van der Waals surface area (Å²) >= 11 is 0. The minimum Gasteiger partial charge on any atom is -0.494 e. The van der Waals surface area contributed by atoms with E-state index in [0.717, 1.165) is 5.75 Å². The van der Waals surface area contributed by atoms with E-state index in [0.29, 0.717) is 24.5 Å². The molecule has 0 heterocycles. The predicted molar refractivity (Wildman–Crippen MR) is 86.7 cm³/mol. The van der Waals surface area contributed by atoms with E-state index in [1.807, 2.05) is 13.0 Å². The summed E-state index contributed by atoms with van der Waals surface area (Å²) in [6.45, 7) is 2.73. The molecule has 2 heteroatoms. The topological polar surface area (TPSA) is 21.3 Å². The Morgan fingerprint density at radius 1 is 1.14 bits per heavy atom. The van der Waals surface area contributed by atoms with E-state index in [1.165, 1.54) is 17.5 Å². The average molecular weight is 281 g/mol. The van der Waals surface area contributed by atoms with E-state index in [-0.39, 0.29) is 0 Å². The third kappa shape index (κ3) is 3.11. The first-order valence-electron chi connectivity index (χ1n) is 7.78. The molecule has 3 rings (SSSR count). The maximum Gasteiger partial charge on any atom is 0.119 e. The zero-order chi connectivity index (χ0) is 14.7. The molecule has 1 aliphatic rings. The lowest BCUT2D eigenvalue weighted by Crippen LogP contribution is -2.19. The number of nitrogens with one attached hydrogen (secondary N) is 1. The standard InChI is InChI=1S/C19H23NO/c1-3-21-16-11-7-10-15(12-16)19(20-2)18-13-17(18)14-8-5-4-6-9-14/h4-12,17-20H,3,13H2,1-2H3. The summed E-state index contributed by atoms with van der Waals surface area (Å²) in [6.07, 6.45) is 1.26. The van der Waals surface area contributed by atoms with Gasteiger partial charge in [0.25, 0.3) is 0 Å². The van der Waals surface area contributed by atoms with Crippen molar-refractivity contribution in [3.05, 3.63) is 65.7 Å². The molecule has 3 unspecified atom stereocenters. The Kier molecular flexibility index (Phi) is 4.26. The van der Waals surface area contributed by atoms with Crippen molar-refractivity contribution in [2.45, 2.75) is 25.3 Å². The van der Waals surface area contributed by atoms with Crippen molar-refractivity contribution in [2.75, 3.05) is 13.7 Å². The number of hydrogen-bond acceptors (Lipinski definition) is 2. The molecule has 3 atom stereocenters. The van der Waals surface area contributed by atoms with E-state index < -0.39 is 0 Å². The second-order valence-corrected chi connectivity index (χ2v) is 5.69. The molecule has 2 nitrogen and oxygen atoms in total. The van der Waals surface area contributed by atoms with Gasteiger partial charge in [-0.25, -0.2) is 0 Å². The summed E-state index contributed by atoms with van der Waals surface area (Å²) in [5.41, 5.74) is 2.79. The zero-order valence-electron chi connectivity index (χ0n) is 12.8. The van der Waals surface area contributed by atoms with Gasteiger partial charge in [-0.3, -0.25) is 0 Å². The third-order valence-electron chi connectivity index (χ3n) is 4.33. The Hall–Kier alpha value is -1.80. The lowest BCUT2D eigenvalue weighted by molar-refractivity contribution is 0.339. The summed E-state index contributed by atoms with van der Waals surface area (Å²) in [6, 6.07) is 19.7. The molecule has 0 radical (unpaired) electrons. The molecular formula is C19H23NO. The Morgan fingerprint density at radius 3 is 2.67 bits per heavy atom. The van der Waals surface area contributed by atoms with Gasteiger partial charge in [0, 0.05) is 6.04 Å². The molecule has 0 bridgehead atoms. The fourth-order valence-electron chi connectivity index (χ4n) is 3.26. The van der Waals surface area contributed by atoms with Crippen LogP contribution < -0.4 is 10.1 Å². The molecule has 1 fully saturated rings. The largest absolute Gasteiger partial charge is 0.494 e. The van der Waals surface area contributed by atoms with Gasteiger partial charge in [0.15, 0.2) is 0 Å². The van der Waals surface area contributed by atoms with Crippen LogP contribution in [-0.4, -0.2) is 13.7 Å². The van der Waals surface area contributed by atoms with Crippen molar-refractivity contribution in [2.24, 2.45) is 5.92 Å². The van der Waals surface area contributed by atoms with Gasteiger partial charge in [-0.05, 0) is 55.5 Å². The van der Waals surface area contributed by atoms with E-state index in [9.17, 15) is 0 Å². The number of ether oxygens (including phenoxy) is 1. The van der Waals surface area contributed by atoms with Crippen molar-refractivity contribution < 1.29 is 4.74 Å². The minimum atomic E-state index is 0.399. The van der Waals surface area contributed by atoms with Crippen LogP contribution in [0.2, 0.25) is 0 Å². The van der Waals surface area contributed by atoms with Gasteiger partial charge in [-0.1, -0.05) is 42.5 Å². The number of hydrogen-bond donors (Lipinski definition) is 1. The molecule has 1 saturated carbocycles. The predicted octanol–water partition coefficient (Wildman–Crippen LogP) is 4.15. The van der Waals surface area contributed by atoms with Crippen LogP contribution in [0.5, 0.6) is 5.75 Å². The molecule has 1 aliphatic carbocycles. The van der Waals surface area contributed by atoms with Crippen molar-refractivity contribution >= 4 is 0 Å². The molecule has 110 valence electrons. The van der Waals surface area contributed by atoms with Crippen LogP contribution in [0.15, 0.2) is 54.6 Å². The molecule has 1 N–H and O–H groups in total. The van der Waals surface area contributed by atoms with Gasteiger partial charge in [0.2, 0.25) is 0 Å². The van der Waals surface area contributed by atoms with Crippen LogP contribution in [0.1, 0.15) is 36.4 Å². The van der Waals surface area contributed by atoms with Crippen molar-refractivity contribution in [3.63, 3.8) is 0 Å². The van der Waals surface area contributed by atoms with Crippen molar-refractivity contribution in [3.8, 4) is 5.75 Å². The smallest absolute Gasteiger partial charge is 0.119 e. The number of benzene rings is 2. The third-order valence-corrected chi connectivity index (χ3v) is 4.33. The molecular weight excluding hydrogens is 258 g/mol. The second-order valence-electron chi connectivity index (χ2n) is 5.69. The van der Waals surface area contributed by atoms with Gasteiger partial charge in [0.05, 0.1) is 6.61 Å². The lowest BCUT2D eigenvalue weighted by Gasteiger charge is -2.18. The zero-order valence-corrected chi connectivity index (χ0v) is 12.8. The maximum absolute atomic E-state index is 5.63. The molecule has 0 amide bonds. The van der Waals surface area contributed by atoms with E-state index in [2.05, 4.69) is 60.9 Å². The van der Waals surface area contributed by atoms with Crippen LogP contribution in [0.25, 0.3) is 0 Å². The molecule has 2 aromatic carbocycles. The minimum absolute atomic E-state index is 0.399. The van der Waals surface area contributed by atoms with Gasteiger partial charge in [-0.2, -0.15) is 0 Å². The first kappa shape index (κ1) is 14.2. The molecule has 0 saturated heterocycles. The summed E-state index contributed by atoms with van der Waals surface area (Å²) in [5.74, 6) is 2.32. The Bertz CT molecular complexity index is 581. The van der Waals surface area contributed by atoms with Crippen LogP contribution in [0.4, 0.5) is 0 Å². The van der Waals surface area contributed by atoms with Crippen LogP contribution in [0, 0.1) is 5.92 Å². The second kappa shape index (κ2) is 6.31. The summed E-state index contributed by atoms with van der Waals surface area (Å²) in [7, 11) is 2.05. The highest BCUT2D eigenvalue weighted by Gasteiger charge is 2.43. The number of rotatable bonds is 6. The summed E-state index contributed by atoms with van der Waals surface area (Å²) in [4.78, 5) is 0. The lowest BCUT2D eigenvalue weighted by atomic mass is 9.98. The van der Waals surface area contributed by atoms with E-state index in [1.54, 1.807) is 0 Å². The Morgan fingerprint density at radius 2 is 1.95 bits per heavy atom. The first-order valence-corrected chi connectivity index (χ1v) is 7.78. The quantitative estimate of drug-likeness (QED) is 0.859. The van der Waals surface area contributed by atoms with E-state index in [4.69, 9.17) is 4.74 Å². The van der Waals surface area contributed by atoms with Gasteiger partial charge >= 0.3 is 0 Å². The van der Waals surface area contributed by atoms with Crippen molar-refractivity contribution in [1.82, 2.24) is 5.32 Å². The average Bonchev–Trinajstić information content (AvgIpc) is 3.30. The van der Waals surface area contributed by atoms with Crippen LogP contribution in [0.3, 0.4) is 0 Å². The molecule has 21 heavy (non-hydrogen) atoms. The fraction of sp³-hybridized carbons (Fsp3) is 0.368. The highest BCUT2D eigenvalue weighted by atomic mass is 16.5. The van der Waals surface area contributed by atoms with Gasteiger partial charge in [-0.15, -0.1) is 0 Å². The monoisotopic (exact) mass is 281 g/mol. The summed E-state index contributed by atoms with van der Waals surface area (Å²) < 4.78 is 5.63. The molecule has 0 spiro atoms. The molecule has 0 aliphatic heterocycles. The molecule has 0 aromatic heterocycles. The Balaban J connectivity index is 1.76. The SMILES string of the molecule is CCOc1cccc(C(NC)C2CC2c2ccccc2)c1. The van der Waals surface area contributed by atoms with Gasteiger partial charge in [0.1, 0.15) is 5.75 Å². The summed E-state index contributed by atoms with van der Waals surface area (Å²) in [5, 5.41) is 3.49. The highest BCUT2D eigenvalue weighted by Crippen LogP contribution is 2.54. The van der Waals surface area contributed by atoms with Crippen LogP contribution in [-0.2, 0) is 0 Å². The van der Waals surface area contributed by atoms with Crippen molar-refractivity contribution in [1.29, 1.82) is 0 Å². The maximum atomic E-state index is 5.63. The normalized spacial score (nSPS) is 21.8. The fourth-order valence-corrected chi connectivity index (χ4v) is 3.26. The first-order chi connectivity index (χ1) is 10.3. The van der Waals surface area contributed by atoms with Crippen LogP contribution >= 0.6 is 0 Å². The molecule has 2 aromatic rings. The Labute approximate surface area is 127 Å². The van der Waals surface area contributed by atoms with E-state index >= 15 is 0 Å². The highest BCUT2D eigenvalue weighted by molar-refractivity contribution is 5.34. The van der Waals surface area contributed by atoms with Gasteiger partial charge < -0.3 is 10.1 Å².